The van der Waals surface area contributed by atoms with Crippen LogP contribution in [0.15, 0.2) is 34.3 Å². The summed E-state index contributed by atoms with van der Waals surface area (Å²) in [5.41, 5.74) is 2.59. The number of benzene rings is 1. The molecule has 0 aliphatic carbocycles. The summed E-state index contributed by atoms with van der Waals surface area (Å²) in [4.78, 5) is 0. The largest absolute Gasteiger partial charge is 0.490 e. The van der Waals surface area contributed by atoms with Crippen LogP contribution in [0.1, 0.15) is 40.2 Å². The molecule has 0 spiro atoms. The molecule has 0 fully saturated rings. The van der Waals surface area contributed by atoms with E-state index in [1.165, 1.54) is 11.1 Å². The Bertz CT molecular complexity index is 443. The van der Waals surface area contributed by atoms with Gasteiger partial charge in [0.1, 0.15) is 12.4 Å². The van der Waals surface area contributed by atoms with Gasteiger partial charge in [-0.1, -0.05) is 21.5 Å². The van der Waals surface area contributed by atoms with Gasteiger partial charge in [0.2, 0.25) is 0 Å². The molecular formula is C16H24BrNO. The van der Waals surface area contributed by atoms with Gasteiger partial charge in [-0.3, -0.25) is 0 Å². The molecule has 0 saturated heterocycles. The SMILES string of the molecule is CC(C)=CCOc1ccc(Br)c(CNC(C)(C)C)c1. The number of rotatable bonds is 5. The quantitative estimate of drug-likeness (QED) is 0.793. The highest BCUT2D eigenvalue weighted by Crippen LogP contribution is 2.23. The lowest BCUT2D eigenvalue weighted by Crippen LogP contribution is -2.35. The van der Waals surface area contributed by atoms with E-state index in [9.17, 15) is 0 Å². The van der Waals surface area contributed by atoms with Crippen molar-refractivity contribution in [3.05, 3.63) is 39.9 Å². The van der Waals surface area contributed by atoms with E-state index in [-0.39, 0.29) is 5.54 Å². The van der Waals surface area contributed by atoms with E-state index < -0.39 is 0 Å². The maximum atomic E-state index is 5.72. The first kappa shape index (κ1) is 16.3. The first-order valence-corrected chi connectivity index (χ1v) is 7.37. The van der Waals surface area contributed by atoms with Gasteiger partial charge in [-0.25, -0.2) is 0 Å². The van der Waals surface area contributed by atoms with Gasteiger partial charge in [-0.05, 0) is 64.5 Å². The number of hydrogen-bond acceptors (Lipinski definition) is 2. The van der Waals surface area contributed by atoms with Crippen LogP contribution in [-0.2, 0) is 6.54 Å². The number of allylic oxidation sites excluding steroid dienone is 1. The summed E-state index contributed by atoms with van der Waals surface area (Å²) in [6.45, 7) is 12.1. The van der Waals surface area contributed by atoms with Crippen LogP contribution < -0.4 is 10.1 Å². The predicted octanol–water partition coefficient (Wildman–Crippen LogP) is 4.68. The zero-order valence-electron chi connectivity index (χ0n) is 12.5. The second-order valence-corrected chi connectivity index (χ2v) is 6.80. The van der Waals surface area contributed by atoms with Crippen LogP contribution in [0.25, 0.3) is 0 Å². The van der Waals surface area contributed by atoms with E-state index in [1.807, 2.05) is 12.1 Å². The Morgan fingerprint density at radius 3 is 2.58 bits per heavy atom. The average molecular weight is 326 g/mol. The smallest absolute Gasteiger partial charge is 0.120 e. The van der Waals surface area contributed by atoms with E-state index >= 15 is 0 Å². The van der Waals surface area contributed by atoms with Crippen LogP contribution in [0.3, 0.4) is 0 Å². The number of hydrogen-bond donors (Lipinski definition) is 1. The molecule has 0 bridgehead atoms. The standard InChI is InChI=1S/C16H24BrNO/c1-12(2)8-9-19-14-6-7-15(17)13(10-14)11-18-16(3,4)5/h6-8,10,18H,9,11H2,1-5H3. The molecule has 2 nitrogen and oxygen atoms in total. The minimum atomic E-state index is 0.109. The monoisotopic (exact) mass is 325 g/mol. The van der Waals surface area contributed by atoms with E-state index in [4.69, 9.17) is 4.74 Å². The van der Waals surface area contributed by atoms with Crippen LogP contribution in [0.4, 0.5) is 0 Å². The summed E-state index contributed by atoms with van der Waals surface area (Å²) in [6, 6.07) is 6.11. The Labute approximate surface area is 125 Å². The third-order valence-corrected chi connectivity index (χ3v) is 3.34. The molecule has 0 radical (unpaired) electrons. The maximum absolute atomic E-state index is 5.72. The third kappa shape index (κ3) is 6.79. The molecule has 1 rings (SSSR count). The molecule has 1 N–H and O–H groups in total. The van der Waals surface area contributed by atoms with Crippen LogP contribution in [0.5, 0.6) is 5.75 Å². The van der Waals surface area contributed by atoms with Gasteiger partial charge in [0.25, 0.3) is 0 Å². The molecule has 0 heterocycles. The lowest BCUT2D eigenvalue weighted by molar-refractivity contribution is 0.360. The lowest BCUT2D eigenvalue weighted by Gasteiger charge is -2.21. The van der Waals surface area contributed by atoms with E-state index in [1.54, 1.807) is 0 Å². The second kappa shape index (κ2) is 7.11. The topological polar surface area (TPSA) is 21.3 Å². The third-order valence-electron chi connectivity index (χ3n) is 2.57. The Morgan fingerprint density at radius 2 is 2.00 bits per heavy atom. The number of ether oxygens (including phenoxy) is 1. The molecule has 0 amide bonds. The van der Waals surface area contributed by atoms with Crippen LogP contribution in [-0.4, -0.2) is 12.1 Å². The van der Waals surface area contributed by atoms with Gasteiger partial charge in [-0.15, -0.1) is 0 Å². The molecule has 0 aliphatic heterocycles. The summed E-state index contributed by atoms with van der Waals surface area (Å²) in [5.74, 6) is 0.909. The van der Waals surface area contributed by atoms with Crippen LogP contribution >= 0.6 is 15.9 Å². The first-order valence-electron chi connectivity index (χ1n) is 6.57. The molecule has 3 heteroatoms. The summed E-state index contributed by atoms with van der Waals surface area (Å²) >= 11 is 3.58. The van der Waals surface area contributed by atoms with Crippen molar-refractivity contribution in [2.24, 2.45) is 0 Å². The Morgan fingerprint density at radius 1 is 1.32 bits per heavy atom. The van der Waals surface area contributed by atoms with Crippen LogP contribution in [0.2, 0.25) is 0 Å². The Hall–Kier alpha value is -0.800. The highest BCUT2D eigenvalue weighted by atomic mass is 79.9. The average Bonchev–Trinajstić information content (AvgIpc) is 2.28. The fourth-order valence-corrected chi connectivity index (χ4v) is 1.83. The maximum Gasteiger partial charge on any atom is 0.120 e. The normalized spacial score (nSPS) is 11.3. The molecule has 1 aromatic rings. The fourth-order valence-electron chi connectivity index (χ4n) is 1.44. The van der Waals surface area contributed by atoms with E-state index in [0.29, 0.717) is 6.61 Å². The second-order valence-electron chi connectivity index (χ2n) is 5.95. The molecule has 19 heavy (non-hydrogen) atoms. The van der Waals surface area contributed by atoms with E-state index in [0.717, 1.165) is 16.8 Å². The van der Waals surface area contributed by atoms with E-state index in [2.05, 4.69) is 68.0 Å². The van der Waals surface area contributed by atoms with Crippen molar-refractivity contribution in [1.82, 2.24) is 5.32 Å². The van der Waals surface area contributed by atoms with Crippen molar-refractivity contribution in [2.45, 2.75) is 46.7 Å². The number of nitrogens with one attached hydrogen (secondary N) is 1. The van der Waals surface area contributed by atoms with Gasteiger partial charge in [0.05, 0.1) is 0 Å². The summed E-state index contributed by atoms with van der Waals surface area (Å²) in [6.07, 6.45) is 2.08. The van der Waals surface area contributed by atoms with Crippen molar-refractivity contribution < 1.29 is 4.74 Å². The fraction of sp³-hybridized carbons (Fsp3) is 0.500. The van der Waals surface area contributed by atoms with Gasteiger partial charge < -0.3 is 10.1 Å². The molecular weight excluding hydrogens is 302 g/mol. The van der Waals surface area contributed by atoms with Crippen molar-refractivity contribution in [3.8, 4) is 5.75 Å². The number of halogens is 1. The zero-order valence-corrected chi connectivity index (χ0v) is 14.1. The summed E-state index contributed by atoms with van der Waals surface area (Å²) in [5, 5.41) is 3.48. The van der Waals surface area contributed by atoms with Gasteiger partial charge >= 0.3 is 0 Å². The molecule has 0 aliphatic rings. The zero-order chi connectivity index (χ0) is 14.5. The Kier molecular flexibility index (Phi) is 6.08. The minimum Gasteiger partial charge on any atom is -0.490 e. The van der Waals surface area contributed by atoms with Gasteiger partial charge in [0.15, 0.2) is 0 Å². The minimum absolute atomic E-state index is 0.109. The van der Waals surface area contributed by atoms with Crippen molar-refractivity contribution in [2.75, 3.05) is 6.61 Å². The molecule has 1 aromatic carbocycles. The molecule has 0 saturated carbocycles. The van der Waals surface area contributed by atoms with Gasteiger partial charge in [-0.2, -0.15) is 0 Å². The van der Waals surface area contributed by atoms with Crippen molar-refractivity contribution in [3.63, 3.8) is 0 Å². The Balaban J connectivity index is 2.68. The first-order chi connectivity index (χ1) is 8.78. The van der Waals surface area contributed by atoms with Crippen LogP contribution in [0, 0.1) is 0 Å². The molecule has 0 aromatic heterocycles. The predicted molar refractivity (Wildman–Crippen MR) is 85.7 cm³/mol. The van der Waals surface area contributed by atoms with Crippen molar-refractivity contribution >= 4 is 15.9 Å². The summed E-state index contributed by atoms with van der Waals surface area (Å²) < 4.78 is 6.83. The summed E-state index contributed by atoms with van der Waals surface area (Å²) in [7, 11) is 0. The lowest BCUT2D eigenvalue weighted by atomic mass is 10.1. The molecule has 0 atom stereocenters. The van der Waals surface area contributed by atoms with Gasteiger partial charge in [0, 0.05) is 16.6 Å². The molecule has 0 unspecified atom stereocenters. The highest BCUT2D eigenvalue weighted by molar-refractivity contribution is 9.10. The van der Waals surface area contributed by atoms with Crippen molar-refractivity contribution in [1.29, 1.82) is 0 Å². The molecule has 106 valence electrons. The highest BCUT2D eigenvalue weighted by Gasteiger charge is 2.10.